The summed E-state index contributed by atoms with van der Waals surface area (Å²) in [6.45, 7) is 5.59. The van der Waals surface area contributed by atoms with Crippen LogP contribution < -0.4 is 5.43 Å². The molecule has 1 heterocycles. The first-order valence-electron chi connectivity index (χ1n) is 6.15. The van der Waals surface area contributed by atoms with Crippen LogP contribution in [0.15, 0.2) is 39.9 Å². The fraction of sp³-hybridized carbons (Fsp3) is 0.200. The molecule has 4 nitrogen and oxygen atoms in total. The number of benzene rings is 1. The topological polar surface area (TPSA) is 54.6 Å². The zero-order chi connectivity index (χ0) is 14.7. The lowest BCUT2D eigenvalue weighted by atomic mass is 10.2. The number of nitrogens with zero attached hydrogens (tertiary/aromatic N) is 1. The Labute approximate surface area is 122 Å². The Morgan fingerprint density at radius 3 is 2.45 bits per heavy atom. The van der Waals surface area contributed by atoms with E-state index in [1.807, 2.05) is 19.9 Å². The van der Waals surface area contributed by atoms with Gasteiger partial charge < -0.3 is 4.42 Å². The molecule has 0 spiro atoms. The second kappa shape index (κ2) is 5.92. The van der Waals surface area contributed by atoms with Crippen LogP contribution in [0.2, 0.25) is 5.02 Å². The van der Waals surface area contributed by atoms with E-state index in [0.717, 1.165) is 11.3 Å². The maximum absolute atomic E-state index is 11.9. The molecule has 20 heavy (non-hydrogen) atoms. The summed E-state index contributed by atoms with van der Waals surface area (Å²) in [5.41, 5.74) is 4.61. The van der Waals surface area contributed by atoms with E-state index in [9.17, 15) is 4.79 Å². The quantitative estimate of drug-likeness (QED) is 0.692. The second-order valence-corrected chi connectivity index (χ2v) is 4.95. The number of hydrazone groups is 1. The maximum Gasteiger partial charge on any atom is 0.271 e. The van der Waals surface area contributed by atoms with Crippen molar-refractivity contribution in [1.82, 2.24) is 5.43 Å². The van der Waals surface area contributed by atoms with Crippen LogP contribution in [-0.2, 0) is 0 Å². The normalized spacial score (nSPS) is 11.5. The van der Waals surface area contributed by atoms with Crippen LogP contribution in [0.4, 0.5) is 0 Å². The van der Waals surface area contributed by atoms with Gasteiger partial charge in [0.15, 0.2) is 5.76 Å². The average Bonchev–Trinajstić information content (AvgIpc) is 2.75. The Kier molecular flexibility index (Phi) is 4.25. The molecule has 0 saturated carbocycles. The Hall–Kier alpha value is -2.07. The molecule has 0 radical (unpaired) electrons. The number of nitrogens with one attached hydrogen (secondary N) is 1. The summed E-state index contributed by atoms with van der Waals surface area (Å²) in [6.07, 6.45) is 0. The standard InChI is InChI=1S/C15H15ClN2O2/c1-9-8-10(2)20-14(9)11(3)17-18-15(19)12-4-6-13(16)7-5-12/h4-8H,1-3H3,(H,18,19)/b17-11+. The van der Waals surface area contributed by atoms with Gasteiger partial charge in [0.1, 0.15) is 11.5 Å². The van der Waals surface area contributed by atoms with E-state index in [0.29, 0.717) is 22.1 Å². The van der Waals surface area contributed by atoms with Crippen molar-refractivity contribution in [3.8, 4) is 0 Å². The van der Waals surface area contributed by atoms with Gasteiger partial charge in [-0.15, -0.1) is 0 Å². The number of furan rings is 1. The summed E-state index contributed by atoms with van der Waals surface area (Å²) in [6, 6.07) is 8.53. The molecule has 0 saturated heterocycles. The highest BCUT2D eigenvalue weighted by molar-refractivity contribution is 6.30. The minimum Gasteiger partial charge on any atom is -0.460 e. The lowest BCUT2D eigenvalue weighted by molar-refractivity contribution is 0.0955. The second-order valence-electron chi connectivity index (χ2n) is 4.51. The van der Waals surface area contributed by atoms with Crippen LogP contribution in [0.25, 0.3) is 0 Å². The first-order chi connectivity index (χ1) is 9.47. The zero-order valence-corrected chi connectivity index (χ0v) is 12.3. The summed E-state index contributed by atoms with van der Waals surface area (Å²) >= 11 is 5.77. The summed E-state index contributed by atoms with van der Waals surface area (Å²) in [5, 5.41) is 4.64. The number of carbonyl (C=O) groups is 1. The molecule has 0 fully saturated rings. The zero-order valence-electron chi connectivity index (χ0n) is 11.5. The molecular weight excluding hydrogens is 276 g/mol. The Balaban J connectivity index is 2.10. The number of hydrogen-bond donors (Lipinski definition) is 1. The van der Waals surface area contributed by atoms with Gasteiger partial charge in [0.2, 0.25) is 0 Å². The van der Waals surface area contributed by atoms with Gasteiger partial charge in [0.05, 0.1) is 0 Å². The molecule has 0 bridgehead atoms. The Morgan fingerprint density at radius 2 is 1.90 bits per heavy atom. The highest BCUT2D eigenvalue weighted by atomic mass is 35.5. The summed E-state index contributed by atoms with van der Waals surface area (Å²) in [7, 11) is 0. The highest BCUT2D eigenvalue weighted by Crippen LogP contribution is 2.14. The van der Waals surface area contributed by atoms with Crippen molar-refractivity contribution in [3.05, 3.63) is 58.0 Å². The molecule has 2 aromatic rings. The van der Waals surface area contributed by atoms with Crippen molar-refractivity contribution < 1.29 is 9.21 Å². The third kappa shape index (κ3) is 3.27. The van der Waals surface area contributed by atoms with Crippen LogP contribution in [0.3, 0.4) is 0 Å². The molecule has 0 aliphatic carbocycles. The van der Waals surface area contributed by atoms with Gasteiger partial charge in [-0.2, -0.15) is 5.10 Å². The van der Waals surface area contributed by atoms with Crippen LogP contribution in [0, 0.1) is 13.8 Å². The summed E-state index contributed by atoms with van der Waals surface area (Å²) in [5.74, 6) is 1.21. The first kappa shape index (κ1) is 14.3. The highest BCUT2D eigenvalue weighted by Gasteiger charge is 2.09. The third-order valence-electron chi connectivity index (χ3n) is 2.80. The number of carbonyl (C=O) groups excluding carboxylic acids is 1. The van der Waals surface area contributed by atoms with Crippen LogP contribution in [0.1, 0.15) is 34.4 Å². The largest absolute Gasteiger partial charge is 0.460 e. The first-order valence-corrected chi connectivity index (χ1v) is 6.53. The van der Waals surface area contributed by atoms with Crippen LogP contribution in [-0.4, -0.2) is 11.6 Å². The van der Waals surface area contributed by atoms with Crippen molar-refractivity contribution in [2.45, 2.75) is 20.8 Å². The van der Waals surface area contributed by atoms with Gasteiger partial charge in [-0.3, -0.25) is 4.79 Å². The molecule has 2 rings (SSSR count). The van der Waals surface area contributed by atoms with E-state index >= 15 is 0 Å². The molecule has 5 heteroatoms. The lowest BCUT2D eigenvalue weighted by Gasteiger charge is -2.02. The fourth-order valence-corrected chi connectivity index (χ4v) is 1.98. The molecule has 1 N–H and O–H groups in total. The van der Waals surface area contributed by atoms with Crippen molar-refractivity contribution in [3.63, 3.8) is 0 Å². The smallest absolute Gasteiger partial charge is 0.271 e. The van der Waals surface area contributed by atoms with E-state index in [2.05, 4.69) is 10.5 Å². The lowest BCUT2D eigenvalue weighted by Crippen LogP contribution is -2.19. The van der Waals surface area contributed by atoms with Gasteiger partial charge in [-0.1, -0.05) is 11.6 Å². The van der Waals surface area contributed by atoms with Gasteiger partial charge in [-0.05, 0) is 56.7 Å². The van der Waals surface area contributed by atoms with E-state index in [1.165, 1.54) is 0 Å². The average molecular weight is 291 g/mol. The molecular formula is C15H15ClN2O2. The van der Waals surface area contributed by atoms with Crippen molar-refractivity contribution >= 4 is 23.2 Å². The van der Waals surface area contributed by atoms with Gasteiger partial charge in [0, 0.05) is 10.6 Å². The van der Waals surface area contributed by atoms with Crippen molar-refractivity contribution in [2.24, 2.45) is 5.10 Å². The van der Waals surface area contributed by atoms with Crippen LogP contribution >= 0.6 is 11.6 Å². The molecule has 1 amide bonds. The molecule has 1 aromatic carbocycles. The number of aryl methyl sites for hydroxylation is 2. The van der Waals surface area contributed by atoms with E-state index in [1.54, 1.807) is 31.2 Å². The van der Waals surface area contributed by atoms with E-state index in [4.69, 9.17) is 16.0 Å². The number of rotatable bonds is 3. The van der Waals surface area contributed by atoms with E-state index in [-0.39, 0.29) is 5.91 Å². The SMILES string of the molecule is C/C(=N\NC(=O)c1ccc(Cl)cc1)c1oc(C)cc1C. The van der Waals surface area contributed by atoms with Crippen LogP contribution in [0.5, 0.6) is 0 Å². The molecule has 104 valence electrons. The number of amides is 1. The minimum absolute atomic E-state index is 0.290. The molecule has 0 unspecified atom stereocenters. The molecule has 1 aromatic heterocycles. The summed E-state index contributed by atoms with van der Waals surface area (Å²) in [4.78, 5) is 11.9. The Bertz CT molecular complexity index is 657. The monoisotopic (exact) mass is 290 g/mol. The molecule has 0 aliphatic heterocycles. The number of halogens is 1. The van der Waals surface area contributed by atoms with Gasteiger partial charge in [-0.25, -0.2) is 5.43 Å². The minimum atomic E-state index is -0.290. The van der Waals surface area contributed by atoms with Gasteiger partial charge in [0.25, 0.3) is 5.91 Å². The molecule has 0 aliphatic rings. The summed E-state index contributed by atoms with van der Waals surface area (Å²) < 4.78 is 5.53. The third-order valence-corrected chi connectivity index (χ3v) is 3.05. The predicted molar refractivity (Wildman–Crippen MR) is 79.3 cm³/mol. The Morgan fingerprint density at radius 1 is 1.25 bits per heavy atom. The van der Waals surface area contributed by atoms with Crippen molar-refractivity contribution in [1.29, 1.82) is 0 Å². The van der Waals surface area contributed by atoms with E-state index < -0.39 is 0 Å². The fourth-order valence-electron chi connectivity index (χ4n) is 1.85. The van der Waals surface area contributed by atoms with Crippen molar-refractivity contribution in [2.75, 3.05) is 0 Å². The predicted octanol–water partition coefficient (Wildman–Crippen LogP) is 3.70. The maximum atomic E-state index is 11.9. The molecule has 0 atom stereocenters. The number of hydrogen-bond acceptors (Lipinski definition) is 3. The van der Waals surface area contributed by atoms with Gasteiger partial charge >= 0.3 is 0 Å².